The highest BCUT2D eigenvalue weighted by molar-refractivity contribution is 6.06. The van der Waals surface area contributed by atoms with Gasteiger partial charge in [-0.3, -0.25) is 9.89 Å². The summed E-state index contributed by atoms with van der Waals surface area (Å²) in [6.45, 7) is 6.78. The number of ether oxygens (including phenoxy) is 4. The zero-order valence-electron chi connectivity index (χ0n) is 18.4. The van der Waals surface area contributed by atoms with Crippen molar-refractivity contribution in [3.63, 3.8) is 0 Å². The quantitative estimate of drug-likeness (QED) is 0.526. The standard InChI is InChI=1S/C23H27N3O5/c1-6-30-19-9-8-15(12-20(19)31-7-2)21-14(3)25-26-22(21)24-23(27)16-10-17(28-4)13-18(11-16)29-5/h8-13H,6-7H2,1-5H3,(H2,24,25,26,27). The van der Waals surface area contributed by atoms with Gasteiger partial charge < -0.3 is 24.3 Å². The van der Waals surface area contributed by atoms with Gasteiger partial charge in [-0.15, -0.1) is 0 Å². The van der Waals surface area contributed by atoms with Crippen LogP contribution < -0.4 is 24.3 Å². The molecular weight excluding hydrogens is 398 g/mol. The van der Waals surface area contributed by atoms with E-state index in [0.29, 0.717) is 47.6 Å². The van der Waals surface area contributed by atoms with Crippen LogP contribution in [0.15, 0.2) is 36.4 Å². The number of amides is 1. The SMILES string of the molecule is CCOc1ccc(-c2c(NC(=O)c3cc(OC)cc(OC)c3)n[nH]c2C)cc1OCC. The molecule has 0 spiro atoms. The lowest BCUT2D eigenvalue weighted by Gasteiger charge is -2.13. The molecule has 1 aromatic heterocycles. The number of rotatable bonds is 9. The van der Waals surface area contributed by atoms with Gasteiger partial charge in [0.1, 0.15) is 11.5 Å². The fourth-order valence-corrected chi connectivity index (χ4v) is 3.20. The Bertz CT molecular complexity index is 1040. The number of aromatic nitrogens is 2. The summed E-state index contributed by atoms with van der Waals surface area (Å²) in [6.07, 6.45) is 0. The molecule has 2 aromatic carbocycles. The van der Waals surface area contributed by atoms with Crippen molar-refractivity contribution >= 4 is 11.7 Å². The van der Waals surface area contributed by atoms with Gasteiger partial charge >= 0.3 is 0 Å². The summed E-state index contributed by atoms with van der Waals surface area (Å²) >= 11 is 0. The van der Waals surface area contributed by atoms with Crippen LogP contribution in [0.4, 0.5) is 5.82 Å². The second-order valence-electron chi connectivity index (χ2n) is 6.66. The number of anilines is 1. The molecule has 2 N–H and O–H groups in total. The van der Waals surface area contributed by atoms with E-state index in [2.05, 4.69) is 15.5 Å². The summed E-state index contributed by atoms with van der Waals surface area (Å²) in [7, 11) is 3.07. The third-order valence-electron chi connectivity index (χ3n) is 4.62. The van der Waals surface area contributed by atoms with E-state index in [1.807, 2.05) is 39.0 Å². The maximum absolute atomic E-state index is 12.9. The zero-order chi connectivity index (χ0) is 22.4. The number of aromatic amines is 1. The third kappa shape index (κ3) is 4.91. The Kier molecular flexibility index (Phi) is 7.02. The highest BCUT2D eigenvalue weighted by Crippen LogP contribution is 2.37. The average Bonchev–Trinajstić information content (AvgIpc) is 3.14. The summed E-state index contributed by atoms with van der Waals surface area (Å²) in [5.41, 5.74) is 2.82. The second-order valence-corrected chi connectivity index (χ2v) is 6.66. The average molecular weight is 425 g/mol. The number of benzene rings is 2. The van der Waals surface area contributed by atoms with Crippen molar-refractivity contribution in [2.75, 3.05) is 32.8 Å². The number of hydrogen-bond acceptors (Lipinski definition) is 6. The Labute approximate surface area is 181 Å². The first-order chi connectivity index (χ1) is 15.0. The van der Waals surface area contributed by atoms with Gasteiger partial charge in [0, 0.05) is 22.9 Å². The van der Waals surface area contributed by atoms with E-state index >= 15 is 0 Å². The molecular formula is C23H27N3O5. The number of aryl methyl sites for hydroxylation is 1. The number of H-pyrrole nitrogens is 1. The molecule has 0 aliphatic heterocycles. The molecule has 31 heavy (non-hydrogen) atoms. The molecule has 0 aliphatic rings. The third-order valence-corrected chi connectivity index (χ3v) is 4.62. The molecule has 3 rings (SSSR count). The van der Waals surface area contributed by atoms with Gasteiger partial charge in [-0.1, -0.05) is 6.07 Å². The van der Waals surface area contributed by atoms with Crippen LogP contribution in [-0.2, 0) is 0 Å². The van der Waals surface area contributed by atoms with E-state index in [4.69, 9.17) is 18.9 Å². The number of hydrogen-bond donors (Lipinski definition) is 2. The number of nitrogens with one attached hydrogen (secondary N) is 2. The Morgan fingerprint density at radius 1 is 0.968 bits per heavy atom. The topological polar surface area (TPSA) is 94.7 Å². The van der Waals surface area contributed by atoms with Crippen molar-refractivity contribution in [3.05, 3.63) is 47.7 Å². The molecule has 0 fully saturated rings. The minimum absolute atomic E-state index is 0.332. The summed E-state index contributed by atoms with van der Waals surface area (Å²) in [5, 5.41) is 10.1. The predicted octanol–water partition coefficient (Wildman–Crippen LogP) is 4.45. The van der Waals surface area contributed by atoms with Gasteiger partial charge in [0.25, 0.3) is 5.91 Å². The van der Waals surface area contributed by atoms with Crippen molar-refractivity contribution in [2.24, 2.45) is 0 Å². The normalized spacial score (nSPS) is 10.5. The lowest BCUT2D eigenvalue weighted by atomic mass is 10.0. The Morgan fingerprint density at radius 2 is 1.61 bits per heavy atom. The molecule has 0 bridgehead atoms. The molecule has 0 aliphatic carbocycles. The molecule has 0 saturated heterocycles. The lowest BCUT2D eigenvalue weighted by Crippen LogP contribution is -2.13. The van der Waals surface area contributed by atoms with E-state index in [1.54, 1.807) is 18.2 Å². The maximum Gasteiger partial charge on any atom is 0.257 e. The predicted molar refractivity (Wildman–Crippen MR) is 119 cm³/mol. The Hall–Kier alpha value is -3.68. The smallest absolute Gasteiger partial charge is 0.257 e. The molecule has 1 amide bonds. The maximum atomic E-state index is 12.9. The summed E-state index contributed by atoms with van der Waals surface area (Å²) < 4.78 is 21.9. The van der Waals surface area contributed by atoms with Gasteiger partial charge in [-0.25, -0.2) is 0 Å². The van der Waals surface area contributed by atoms with Crippen LogP contribution in [0.2, 0.25) is 0 Å². The van der Waals surface area contributed by atoms with E-state index in [9.17, 15) is 4.79 Å². The van der Waals surface area contributed by atoms with E-state index < -0.39 is 0 Å². The number of carbonyl (C=O) groups excluding carboxylic acids is 1. The lowest BCUT2D eigenvalue weighted by molar-refractivity contribution is 0.102. The van der Waals surface area contributed by atoms with Crippen molar-refractivity contribution in [1.29, 1.82) is 0 Å². The van der Waals surface area contributed by atoms with Crippen molar-refractivity contribution in [1.82, 2.24) is 10.2 Å². The molecule has 0 atom stereocenters. The van der Waals surface area contributed by atoms with Crippen LogP contribution in [0.25, 0.3) is 11.1 Å². The van der Waals surface area contributed by atoms with Crippen molar-refractivity contribution in [2.45, 2.75) is 20.8 Å². The van der Waals surface area contributed by atoms with Gasteiger partial charge in [0.15, 0.2) is 17.3 Å². The van der Waals surface area contributed by atoms with Crippen LogP contribution in [0.3, 0.4) is 0 Å². The van der Waals surface area contributed by atoms with Gasteiger partial charge in [0.2, 0.25) is 0 Å². The van der Waals surface area contributed by atoms with Crippen LogP contribution >= 0.6 is 0 Å². The van der Waals surface area contributed by atoms with Gasteiger partial charge in [-0.2, -0.15) is 5.10 Å². The largest absolute Gasteiger partial charge is 0.497 e. The Balaban J connectivity index is 1.95. The van der Waals surface area contributed by atoms with Crippen molar-refractivity contribution < 1.29 is 23.7 Å². The molecule has 8 nitrogen and oxygen atoms in total. The van der Waals surface area contributed by atoms with E-state index in [0.717, 1.165) is 16.8 Å². The molecule has 0 radical (unpaired) electrons. The number of carbonyl (C=O) groups is 1. The second kappa shape index (κ2) is 9.88. The monoisotopic (exact) mass is 425 g/mol. The van der Waals surface area contributed by atoms with Crippen molar-refractivity contribution in [3.8, 4) is 34.1 Å². The van der Waals surface area contributed by atoms with E-state index in [1.165, 1.54) is 14.2 Å². The minimum Gasteiger partial charge on any atom is -0.497 e. The first kappa shape index (κ1) is 22.0. The minimum atomic E-state index is -0.332. The molecule has 164 valence electrons. The molecule has 0 unspecified atom stereocenters. The van der Waals surface area contributed by atoms with E-state index in [-0.39, 0.29) is 5.91 Å². The molecule has 0 saturated carbocycles. The Morgan fingerprint density at radius 3 is 2.23 bits per heavy atom. The summed E-state index contributed by atoms with van der Waals surface area (Å²) in [6, 6.07) is 10.6. The number of nitrogens with zero attached hydrogens (tertiary/aromatic N) is 1. The van der Waals surface area contributed by atoms with Crippen LogP contribution in [-0.4, -0.2) is 43.5 Å². The first-order valence-electron chi connectivity index (χ1n) is 10.00. The van der Waals surface area contributed by atoms with Crippen LogP contribution in [0.5, 0.6) is 23.0 Å². The van der Waals surface area contributed by atoms with Crippen LogP contribution in [0.1, 0.15) is 29.9 Å². The summed E-state index contributed by atoms with van der Waals surface area (Å²) in [5.74, 6) is 2.43. The number of methoxy groups -OCH3 is 2. The van der Waals surface area contributed by atoms with Crippen LogP contribution in [0, 0.1) is 6.92 Å². The first-order valence-corrected chi connectivity index (χ1v) is 10.00. The molecule has 1 heterocycles. The highest BCUT2D eigenvalue weighted by Gasteiger charge is 2.19. The molecule has 8 heteroatoms. The van der Waals surface area contributed by atoms with Gasteiger partial charge in [0.05, 0.1) is 27.4 Å². The van der Waals surface area contributed by atoms with Gasteiger partial charge in [-0.05, 0) is 50.6 Å². The highest BCUT2D eigenvalue weighted by atomic mass is 16.5. The summed E-state index contributed by atoms with van der Waals surface area (Å²) in [4.78, 5) is 12.9. The molecule has 3 aromatic rings. The fourth-order valence-electron chi connectivity index (χ4n) is 3.20. The zero-order valence-corrected chi connectivity index (χ0v) is 18.4. The fraction of sp³-hybridized carbons (Fsp3) is 0.304.